The molecule has 0 unspecified atom stereocenters. The van der Waals surface area contributed by atoms with E-state index in [4.69, 9.17) is 16.3 Å². The molecule has 4 rings (SSSR count). The van der Waals surface area contributed by atoms with Crippen LogP contribution in [0.5, 0.6) is 5.75 Å². The summed E-state index contributed by atoms with van der Waals surface area (Å²) in [5, 5.41) is 9.28. The van der Waals surface area contributed by atoms with Crippen LogP contribution in [0.25, 0.3) is 10.2 Å². The zero-order valence-corrected chi connectivity index (χ0v) is 25.7. The predicted molar refractivity (Wildman–Crippen MR) is 171 cm³/mol. The van der Waals surface area contributed by atoms with E-state index in [0.29, 0.717) is 29.6 Å². The predicted octanol–water partition coefficient (Wildman–Crippen LogP) is 6.16. The van der Waals surface area contributed by atoms with Crippen LogP contribution >= 0.6 is 46.5 Å². The second-order valence-corrected chi connectivity index (χ2v) is 12.6. The van der Waals surface area contributed by atoms with Crippen LogP contribution in [0.1, 0.15) is 11.1 Å². The van der Waals surface area contributed by atoms with Crippen molar-refractivity contribution >= 4 is 85.8 Å². The first-order valence-corrected chi connectivity index (χ1v) is 16.0. The molecule has 1 aromatic heterocycles. The quantitative estimate of drug-likeness (QED) is 0.120. The Bertz CT molecular complexity index is 1510. The number of hydrogen-bond donors (Lipinski definition) is 3. The van der Waals surface area contributed by atoms with Gasteiger partial charge in [-0.25, -0.2) is 4.98 Å². The van der Waals surface area contributed by atoms with Crippen molar-refractivity contribution in [1.82, 2.24) is 10.3 Å². The van der Waals surface area contributed by atoms with Crippen LogP contribution in [0.15, 0.2) is 65.0 Å². The fourth-order valence-electron chi connectivity index (χ4n) is 3.73. The van der Waals surface area contributed by atoms with Crippen molar-refractivity contribution in [3.05, 3.63) is 76.8 Å². The number of amides is 3. The molecule has 41 heavy (non-hydrogen) atoms. The first-order valence-electron chi connectivity index (χ1n) is 12.7. The Morgan fingerprint density at radius 3 is 2.34 bits per heavy atom. The molecular weight excluding hydrogens is 600 g/mol. The average molecular weight is 629 g/mol. The Labute approximate surface area is 256 Å². The number of carbonyl (C=O) groups is 3. The number of aromatic nitrogens is 1. The first-order chi connectivity index (χ1) is 19.8. The van der Waals surface area contributed by atoms with Gasteiger partial charge in [-0.05, 0) is 67.4 Å². The minimum absolute atomic E-state index is 0.109. The highest BCUT2D eigenvalue weighted by molar-refractivity contribution is 8.01. The number of thiazole rings is 1. The summed E-state index contributed by atoms with van der Waals surface area (Å²) in [6.07, 6.45) is 0. The second kappa shape index (κ2) is 15.1. The van der Waals surface area contributed by atoms with Crippen LogP contribution < -0.4 is 20.7 Å². The van der Waals surface area contributed by atoms with Crippen molar-refractivity contribution in [1.29, 1.82) is 0 Å². The van der Waals surface area contributed by atoms with Crippen molar-refractivity contribution in [3.63, 3.8) is 0 Å². The van der Waals surface area contributed by atoms with Gasteiger partial charge in [0.15, 0.2) is 4.34 Å². The van der Waals surface area contributed by atoms with Gasteiger partial charge in [-0.1, -0.05) is 41.6 Å². The summed E-state index contributed by atoms with van der Waals surface area (Å²) in [6, 6.07) is 18.4. The van der Waals surface area contributed by atoms with Gasteiger partial charge in [-0.2, -0.15) is 0 Å². The van der Waals surface area contributed by atoms with Gasteiger partial charge in [0.25, 0.3) is 0 Å². The van der Waals surface area contributed by atoms with E-state index in [-0.39, 0.29) is 35.0 Å². The van der Waals surface area contributed by atoms with Crippen LogP contribution in [0, 0.1) is 13.8 Å². The third-order valence-electron chi connectivity index (χ3n) is 5.70. The molecule has 3 N–H and O–H groups in total. The third-order valence-corrected chi connectivity index (χ3v) is 9.04. The van der Waals surface area contributed by atoms with Gasteiger partial charge in [0, 0.05) is 16.4 Å². The molecule has 3 amide bonds. The summed E-state index contributed by atoms with van der Waals surface area (Å²) in [7, 11) is 0. The van der Waals surface area contributed by atoms with Crippen molar-refractivity contribution in [3.8, 4) is 5.75 Å². The van der Waals surface area contributed by atoms with E-state index in [9.17, 15) is 14.4 Å². The van der Waals surface area contributed by atoms with E-state index >= 15 is 0 Å². The maximum absolute atomic E-state index is 12.4. The highest BCUT2D eigenvalue weighted by Crippen LogP contribution is 2.31. The lowest BCUT2D eigenvalue weighted by molar-refractivity contribution is -0.118. The first kappa shape index (κ1) is 30.7. The number of para-hydroxylation sites is 1. The molecule has 0 saturated heterocycles. The second-order valence-electron chi connectivity index (χ2n) is 8.96. The molecule has 0 radical (unpaired) electrons. The maximum Gasteiger partial charge on any atom is 0.234 e. The largest absolute Gasteiger partial charge is 0.492 e. The normalized spacial score (nSPS) is 10.8. The summed E-state index contributed by atoms with van der Waals surface area (Å²) in [4.78, 5) is 41.5. The van der Waals surface area contributed by atoms with E-state index in [1.807, 2.05) is 44.2 Å². The lowest BCUT2D eigenvalue weighted by Crippen LogP contribution is -2.29. The van der Waals surface area contributed by atoms with E-state index in [2.05, 4.69) is 20.9 Å². The van der Waals surface area contributed by atoms with Gasteiger partial charge in [0.05, 0.1) is 34.0 Å². The SMILES string of the molecule is Cc1cccc(C)c1NC(=O)CSCC(=O)Nc1ccc2nc(SCC(=O)NCCOc3ccc(Cl)cc3)sc2c1. The van der Waals surface area contributed by atoms with Gasteiger partial charge in [0.1, 0.15) is 12.4 Å². The van der Waals surface area contributed by atoms with Crippen molar-refractivity contribution in [2.45, 2.75) is 18.2 Å². The number of carbonyl (C=O) groups excluding carboxylic acids is 3. The van der Waals surface area contributed by atoms with E-state index in [1.54, 1.807) is 30.3 Å². The molecule has 0 bridgehead atoms. The molecule has 1 heterocycles. The molecule has 4 aromatic rings. The standard InChI is InChI=1S/C29H29ClN4O4S3/c1-18-4-3-5-19(2)28(18)34-27(37)16-39-15-26(36)32-21-8-11-23-24(14-21)41-29(33-23)40-17-25(35)31-12-13-38-22-9-6-20(30)7-10-22/h3-11,14H,12-13,15-17H2,1-2H3,(H,31,35)(H,32,36)(H,34,37). The van der Waals surface area contributed by atoms with Crippen molar-refractivity contribution in [2.75, 3.05) is 41.0 Å². The molecular formula is C29H29ClN4O4S3. The highest BCUT2D eigenvalue weighted by atomic mass is 35.5. The number of halogens is 1. The Hall–Kier alpha value is -3.25. The minimum atomic E-state index is -0.190. The molecule has 0 fully saturated rings. The number of rotatable bonds is 13. The lowest BCUT2D eigenvalue weighted by atomic mass is 10.1. The number of ether oxygens (including phenoxy) is 1. The molecule has 8 nitrogen and oxygen atoms in total. The van der Waals surface area contributed by atoms with Gasteiger partial charge in [-0.3, -0.25) is 14.4 Å². The number of thioether (sulfide) groups is 2. The number of hydrogen-bond acceptors (Lipinski definition) is 8. The zero-order valence-electron chi connectivity index (χ0n) is 22.5. The summed E-state index contributed by atoms with van der Waals surface area (Å²) in [6.45, 7) is 4.64. The molecule has 0 aliphatic heterocycles. The molecule has 0 atom stereocenters. The van der Waals surface area contributed by atoms with Crippen LogP contribution in [-0.4, -0.2) is 53.1 Å². The smallest absolute Gasteiger partial charge is 0.234 e. The highest BCUT2D eigenvalue weighted by Gasteiger charge is 2.12. The Kier molecular flexibility index (Phi) is 11.3. The van der Waals surface area contributed by atoms with Crippen LogP contribution in [0.4, 0.5) is 11.4 Å². The average Bonchev–Trinajstić information content (AvgIpc) is 3.35. The Balaban J connectivity index is 1.16. The Morgan fingerprint density at radius 1 is 0.902 bits per heavy atom. The van der Waals surface area contributed by atoms with Gasteiger partial charge in [0.2, 0.25) is 17.7 Å². The molecule has 0 saturated carbocycles. The Morgan fingerprint density at radius 2 is 1.61 bits per heavy atom. The van der Waals surface area contributed by atoms with E-state index in [0.717, 1.165) is 31.4 Å². The van der Waals surface area contributed by atoms with Crippen LogP contribution in [0.3, 0.4) is 0 Å². The van der Waals surface area contributed by atoms with E-state index in [1.165, 1.54) is 34.9 Å². The van der Waals surface area contributed by atoms with Gasteiger partial charge >= 0.3 is 0 Å². The van der Waals surface area contributed by atoms with Gasteiger partial charge in [-0.15, -0.1) is 23.1 Å². The molecule has 0 aliphatic rings. The molecule has 0 aliphatic carbocycles. The minimum Gasteiger partial charge on any atom is -0.492 e. The fraction of sp³-hybridized carbons (Fsp3) is 0.241. The number of nitrogens with one attached hydrogen (secondary N) is 3. The maximum atomic E-state index is 12.4. The monoisotopic (exact) mass is 628 g/mol. The number of nitrogens with zero attached hydrogens (tertiary/aromatic N) is 1. The number of benzene rings is 3. The van der Waals surface area contributed by atoms with Crippen molar-refractivity contribution in [2.24, 2.45) is 0 Å². The number of fused-ring (bicyclic) bond motifs is 1. The van der Waals surface area contributed by atoms with E-state index < -0.39 is 0 Å². The zero-order chi connectivity index (χ0) is 29.2. The number of aryl methyl sites for hydroxylation is 2. The topological polar surface area (TPSA) is 109 Å². The molecule has 3 aromatic carbocycles. The lowest BCUT2D eigenvalue weighted by Gasteiger charge is -2.11. The summed E-state index contributed by atoms with van der Waals surface area (Å²) in [5.41, 5.74) is 4.27. The summed E-state index contributed by atoms with van der Waals surface area (Å²) in [5.74, 6) is 0.820. The van der Waals surface area contributed by atoms with Crippen LogP contribution in [0.2, 0.25) is 5.02 Å². The summed E-state index contributed by atoms with van der Waals surface area (Å²) < 4.78 is 7.25. The van der Waals surface area contributed by atoms with Crippen LogP contribution in [-0.2, 0) is 14.4 Å². The fourth-order valence-corrected chi connectivity index (χ4v) is 6.41. The van der Waals surface area contributed by atoms with Gasteiger partial charge < -0.3 is 20.7 Å². The number of anilines is 2. The molecule has 214 valence electrons. The molecule has 12 heteroatoms. The summed E-state index contributed by atoms with van der Waals surface area (Å²) >= 11 is 9.93. The third kappa shape index (κ3) is 9.67. The van der Waals surface area contributed by atoms with Crippen molar-refractivity contribution < 1.29 is 19.1 Å². The molecule has 0 spiro atoms.